The first kappa shape index (κ1) is 14.8. The molecule has 6 heteroatoms. The van der Waals surface area contributed by atoms with E-state index in [0.717, 1.165) is 25.5 Å². The predicted octanol–water partition coefficient (Wildman–Crippen LogP) is 1.69. The van der Waals surface area contributed by atoms with Gasteiger partial charge in [-0.05, 0) is 44.4 Å². The Kier molecular flexibility index (Phi) is 4.04. The van der Waals surface area contributed by atoms with Crippen LogP contribution in [0.3, 0.4) is 0 Å². The van der Waals surface area contributed by atoms with Crippen LogP contribution in [-0.4, -0.2) is 38.1 Å². The number of rotatable bonds is 2. The largest absolute Gasteiger partial charge is 0.399 e. The van der Waals surface area contributed by atoms with Gasteiger partial charge in [0.1, 0.15) is 0 Å². The molecule has 110 valence electrons. The van der Waals surface area contributed by atoms with Crippen molar-refractivity contribution in [3.8, 4) is 0 Å². The van der Waals surface area contributed by atoms with E-state index < -0.39 is 9.84 Å². The van der Waals surface area contributed by atoms with Crippen molar-refractivity contribution in [2.45, 2.75) is 37.1 Å². The Morgan fingerprint density at radius 2 is 2.00 bits per heavy atom. The summed E-state index contributed by atoms with van der Waals surface area (Å²) in [6.07, 6.45) is 4.19. The topological polar surface area (TPSA) is 80.5 Å². The van der Waals surface area contributed by atoms with E-state index in [4.69, 9.17) is 5.73 Å². The van der Waals surface area contributed by atoms with E-state index in [9.17, 15) is 13.2 Å². The van der Waals surface area contributed by atoms with E-state index in [2.05, 4.69) is 0 Å². The lowest BCUT2D eigenvalue weighted by Gasteiger charge is -2.33. The Morgan fingerprint density at radius 1 is 1.30 bits per heavy atom. The number of carbonyl (C=O) groups is 1. The van der Waals surface area contributed by atoms with Crippen LogP contribution < -0.4 is 5.73 Å². The highest BCUT2D eigenvalue weighted by atomic mass is 32.2. The van der Waals surface area contributed by atoms with Gasteiger partial charge in [0.05, 0.1) is 4.90 Å². The second-order valence-electron chi connectivity index (χ2n) is 5.41. The van der Waals surface area contributed by atoms with E-state index >= 15 is 0 Å². The summed E-state index contributed by atoms with van der Waals surface area (Å²) in [6.45, 7) is 2.73. The van der Waals surface area contributed by atoms with Crippen LogP contribution in [0.1, 0.15) is 36.5 Å². The molecule has 5 nitrogen and oxygen atoms in total. The van der Waals surface area contributed by atoms with Gasteiger partial charge in [-0.3, -0.25) is 4.79 Å². The Morgan fingerprint density at radius 3 is 2.60 bits per heavy atom. The minimum atomic E-state index is -3.38. The molecule has 20 heavy (non-hydrogen) atoms. The summed E-state index contributed by atoms with van der Waals surface area (Å²) >= 11 is 0. The summed E-state index contributed by atoms with van der Waals surface area (Å²) in [6, 6.07) is 4.51. The van der Waals surface area contributed by atoms with Crippen LogP contribution in [0.25, 0.3) is 0 Å². The van der Waals surface area contributed by atoms with Gasteiger partial charge in [-0.25, -0.2) is 8.42 Å². The fourth-order valence-electron chi connectivity index (χ4n) is 2.53. The van der Waals surface area contributed by atoms with Crippen molar-refractivity contribution in [1.82, 2.24) is 4.90 Å². The van der Waals surface area contributed by atoms with Crippen LogP contribution in [-0.2, 0) is 9.84 Å². The molecule has 1 aliphatic heterocycles. The summed E-state index contributed by atoms with van der Waals surface area (Å²) in [5.74, 6) is -0.144. The quantitative estimate of drug-likeness (QED) is 0.842. The molecule has 2 N–H and O–H groups in total. The minimum Gasteiger partial charge on any atom is -0.399 e. The molecular formula is C14H20N2O3S. The maximum Gasteiger partial charge on any atom is 0.254 e. The minimum absolute atomic E-state index is 0.0884. The summed E-state index contributed by atoms with van der Waals surface area (Å²) in [5, 5.41) is 0. The van der Waals surface area contributed by atoms with Gasteiger partial charge in [0.25, 0.3) is 5.91 Å². The van der Waals surface area contributed by atoms with Crippen molar-refractivity contribution < 1.29 is 13.2 Å². The smallest absolute Gasteiger partial charge is 0.254 e. The normalized spacial score (nSPS) is 19.9. The summed E-state index contributed by atoms with van der Waals surface area (Å²) in [7, 11) is -3.38. The molecule has 0 aromatic heterocycles. The molecule has 0 spiro atoms. The number of piperidine rings is 1. The molecule has 1 atom stereocenters. The monoisotopic (exact) mass is 296 g/mol. The van der Waals surface area contributed by atoms with Crippen LogP contribution in [0, 0.1) is 0 Å². The molecule has 1 amide bonds. The molecular weight excluding hydrogens is 276 g/mol. The van der Waals surface area contributed by atoms with Gasteiger partial charge < -0.3 is 10.6 Å². The standard InChI is InChI=1S/C14H20N2O3S/c1-10-5-3-4-6-16(10)14(17)11-7-12(15)9-13(8-11)20(2,18)19/h7-10H,3-6,15H2,1-2H3. The van der Waals surface area contributed by atoms with Crippen LogP contribution in [0.4, 0.5) is 5.69 Å². The third-order valence-electron chi connectivity index (χ3n) is 3.67. The Labute approximate surface area is 119 Å². The molecule has 2 rings (SSSR count). The molecule has 0 aliphatic carbocycles. The molecule has 0 radical (unpaired) electrons. The van der Waals surface area contributed by atoms with Crippen molar-refractivity contribution in [2.75, 3.05) is 18.5 Å². The van der Waals surface area contributed by atoms with Gasteiger partial charge >= 0.3 is 0 Å². The third kappa shape index (κ3) is 3.12. The highest BCUT2D eigenvalue weighted by Crippen LogP contribution is 2.22. The van der Waals surface area contributed by atoms with E-state index in [0.29, 0.717) is 17.8 Å². The highest BCUT2D eigenvalue weighted by Gasteiger charge is 2.25. The van der Waals surface area contributed by atoms with Gasteiger partial charge in [0.2, 0.25) is 0 Å². The molecule has 1 unspecified atom stereocenters. The maximum absolute atomic E-state index is 12.5. The van der Waals surface area contributed by atoms with Crippen molar-refractivity contribution in [3.63, 3.8) is 0 Å². The Balaban J connectivity index is 2.37. The molecule has 0 bridgehead atoms. The van der Waals surface area contributed by atoms with Gasteiger partial charge in [-0.15, -0.1) is 0 Å². The average molecular weight is 296 g/mol. The average Bonchev–Trinajstić information content (AvgIpc) is 2.37. The highest BCUT2D eigenvalue weighted by molar-refractivity contribution is 7.90. The van der Waals surface area contributed by atoms with Gasteiger partial charge in [-0.1, -0.05) is 0 Å². The number of nitrogens with two attached hydrogens (primary N) is 1. The van der Waals surface area contributed by atoms with Crippen molar-refractivity contribution in [1.29, 1.82) is 0 Å². The molecule has 1 aromatic rings. The molecule has 1 heterocycles. The Bertz CT molecular complexity index is 625. The predicted molar refractivity (Wildman–Crippen MR) is 78.3 cm³/mol. The zero-order chi connectivity index (χ0) is 14.9. The van der Waals surface area contributed by atoms with Crippen molar-refractivity contribution in [3.05, 3.63) is 23.8 Å². The number of amides is 1. The summed E-state index contributed by atoms with van der Waals surface area (Å²) in [5.41, 5.74) is 6.36. The molecule has 1 fully saturated rings. The number of hydrogen-bond donors (Lipinski definition) is 1. The second kappa shape index (κ2) is 5.44. The number of likely N-dealkylation sites (tertiary alicyclic amines) is 1. The van der Waals surface area contributed by atoms with Gasteiger partial charge in [0, 0.05) is 30.1 Å². The Hall–Kier alpha value is -1.56. The van der Waals surface area contributed by atoms with Crippen LogP contribution in [0.2, 0.25) is 0 Å². The number of hydrogen-bond acceptors (Lipinski definition) is 4. The lowest BCUT2D eigenvalue weighted by molar-refractivity contribution is 0.0635. The van der Waals surface area contributed by atoms with Crippen molar-refractivity contribution >= 4 is 21.4 Å². The molecule has 1 aliphatic rings. The maximum atomic E-state index is 12.5. The van der Waals surface area contributed by atoms with Gasteiger partial charge in [0.15, 0.2) is 9.84 Å². The third-order valence-corrected chi connectivity index (χ3v) is 4.76. The van der Waals surface area contributed by atoms with Crippen LogP contribution in [0.15, 0.2) is 23.1 Å². The van der Waals surface area contributed by atoms with Crippen LogP contribution >= 0.6 is 0 Å². The zero-order valence-corrected chi connectivity index (χ0v) is 12.6. The van der Waals surface area contributed by atoms with Crippen molar-refractivity contribution in [2.24, 2.45) is 0 Å². The van der Waals surface area contributed by atoms with Crippen LogP contribution in [0.5, 0.6) is 0 Å². The number of benzene rings is 1. The number of carbonyl (C=O) groups excluding carboxylic acids is 1. The first-order valence-electron chi connectivity index (χ1n) is 6.70. The molecule has 1 saturated heterocycles. The molecule has 0 saturated carbocycles. The van der Waals surface area contributed by atoms with E-state index in [1.807, 2.05) is 6.92 Å². The summed E-state index contributed by atoms with van der Waals surface area (Å²) in [4.78, 5) is 14.4. The number of nitrogen functional groups attached to an aromatic ring is 1. The number of nitrogens with zero attached hydrogens (tertiary/aromatic N) is 1. The molecule has 1 aromatic carbocycles. The first-order valence-corrected chi connectivity index (χ1v) is 8.60. The number of anilines is 1. The number of sulfone groups is 1. The fourth-order valence-corrected chi connectivity index (χ4v) is 3.22. The van der Waals surface area contributed by atoms with E-state index in [-0.39, 0.29) is 16.8 Å². The first-order chi connectivity index (χ1) is 9.29. The summed E-state index contributed by atoms with van der Waals surface area (Å²) < 4.78 is 23.2. The zero-order valence-electron chi connectivity index (χ0n) is 11.8. The lowest BCUT2D eigenvalue weighted by Crippen LogP contribution is -2.42. The second-order valence-corrected chi connectivity index (χ2v) is 7.42. The van der Waals surface area contributed by atoms with Gasteiger partial charge in [-0.2, -0.15) is 0 Å². The lowest BCUT2D eigenvalue weighted by atomic mass is 10.0. The van der Waals surface area contributed by atoms with E-state index in [1.54, 1.807) is 11.0 Å². The fraction of sp³-hybridized carbons (Fsp3) is 0.500. The SMILES string of the molecule is CC1CCCCN1C(=O)c1cc(N)cc(S(C)(=O)=O)c1. The van der Waals surface area contributed by atoms with E-state index in [1.165, 1.54) is 12.1 Å².